The molecule has 1 aromatic rings. The van der Waals surface area contributed by atoms with Crippen molar-refractivity contribution in [2.75, 3.05) is 6.54 Å². The SMILES string of the molecule is CC12CCC(C1)C(C)(C)C2NCC(O)c1cccc(Br)c1. The molecule has 2 aliphatic carbocycles. The Balaban J connectivity index is 1.67. The fourth-order valence-corrected chi connectivity index (χ4v) is 5.29. The third-order valence-electron chi connectivity index (χ3n) is 6.02. The fourth-order valence-electron chi connectivity index (χ4n) is 4.87. The van der Waals surface area contributed by atoms with Gasteiger partial charge in [0, 0.05) is 17.1 Å². The summed E-state index contributed by atoms with van der Waals surface area (Å²) in [5.41, 5.74) is 1.72. The van der Waals surface area contributed by atoms with Crippen LogP contribution in [0.1, 0.15) is 51.7 Å². The van der Waals surface area contributed by atoms with E-state index in [4.69, 9.17) is 0 Å². The van der Waals surface area contributed by atoms with Crippen molar-refractivity contribution >= 4 is 15.9 Å². The average Bonchev–Trinajstić information content (AvgIpc) is 2.89. The molecule has 0 saturated heterocycles. The molecule has 0 spiro atoms. The molecule has 0 amide bonds. The van der Waals surface area contributed by atoms with Crippen LogP contribution in [0.15, 0.2) is 28.7 Å². The molecule has 2 bridgehead atoms. The van der Waals surface area contributed by atoms with E-state index in [1.54, 1.807) is 0 Å². The van der Waals surface area contributed by atoms with Gasteiger partial charge in [-0.25, -0.2) is 0 Å². The number of rotatable bonds is 4. The van der Waals surface area contributed by atoms with E-state index >= 15 is 0 Å². The second-order valence-electron chi connectivity index (χ2n) is 7.83. The zero-order valence-corrected chi connectivity index (χ0v) is 14.8. The average molecular weight is 352 g/mol. The van der Waals surface area contributed by atoms with Crippen LogP contribution in [-0.4, -0.2) is 17.7 Å². The Kier molecular flexibility index (Phi) is 3.96. The largest absolute Gasteiger partial charge is 0.387 e. The highest BCUT2D eigenvalue weighted by atomic mass is 79.9. The van der Waals surface area contributed by atoms with Crippen LogP contribution in [0, 0.1) is 16.7 Å². The molecule has 2 N–H and O–H groups in total. The number of aliphatic hydroxyl groups is 1. The van der Waals surface area contributed by atoms with Crippen LogP contribution in [0.3, 0.4) is 0 Å². The van der Waals surface area contributed by atoms with Crippen molar-refractivity contribution in [2.24, 2.45) is 16.7 Å². The molecular formula is C18H26BrNO. The molecule has 0 aromatic heterocycles. The van der Waals surface area contributed by atoms with Gasteiger partial charge in [-0.3, -0.25) is 0 Å². The molecule has 4 unspecified atom stereocenters. The van der Waals surface area contributed by atoms with Crippen molar-refractivity contribution in [3.63, 3.8) is 0 Å². The summed E-state index contributed by atoms with van der Waals surface area (Å²) in [5, 5.41) is 14.1. The van der Waals surface area contributed by atoms with Crippen molar-refractivity contribution in [2.45, 2.75) is 52.2 Å². The first-order valence-electron chi connectivity index (χ1n) is 8.00. The van der Waals surface area contributed by atoms with E-state index in [0.29, 0.717) is 23.4 Å². The highest BCUT2D eigenvalue weighted by Crippen LogP contribution is 2.62. The van der Waals surface area contributed by atoms with Crippen molar-refractivity contribution in [1.29, 1.82) is 0 Å². The van der Waals surface area contributed by atoms with Gasteiger partial charge >= 0.3 is 0 Å². The number of hydrogen-bond acceptors (Lipinski definition) is 2. The molecule has 2 aliphatic rings. The minimum absolute atomic E-state index is 0.337. The third-order valence-corrected chi connectivity index (χ3v) is 6.51. The van der Waals surface area contributed by atoms with Gasteiger partial charge in [-0.05, 0) is 53.7 Å². The van der Waals surface area contributed by atoms with Crippen molar-refractivity contribution < 1.29 is 5.11 Å². The van der Waals surface area contributed by atoms with Crippen LogP contribution >= 0.6 is 15.9 Å². The van der Waals surface area contributed by atoms with Gasteiger partial charge in [0.15, 0.2) is 0 Å². The number of benzene rings is 1. The van der Waals surface area contributed by atoms with Crippen molar-refractivity contribution in [3.8, 4) is 0 Å². The molecule has 3 rings (SSSR count). The zero-order valence-electron chi connectivity index (χ0n) is 13.2. The number of hydrogen-bond donors (Lipinski definition) is 2. The lowest BCUT2D eigenvalue weighted by Gasteiger charge is -2.43. The van der Waals surface area contributed by atoms with Crippen molar-refractivity contribution in [1.82, 2.24) is 5.32 Å². The monoisotopic (exact) mass is 351 g/mol. The maximum atomic E-state index is 10.4. The molecule has 2 nitrogen and oxygen atoms in total. The van der Waals surface area contributed by atoms with Crippen LogP contribution < -0.4 is 5.32 Å². The minimum atomic E-state index is -0.443. The normalized spacial score (nSPS) is 35.1. The van der Waals surface area contributed by atoms with Gasteiger partial charge in [0.1, 0.15) is 0 Å². The Labute approximate surface area is 136 Å². The Morgan fingerprint density at radius 3 is 2.76 bits per heavy atom. The smallest absolute Gasteiger partial charge is 0.0914 e. The number of fused-ring (bicyclic) bond motifs is 2. The number of nitrogens with one attached hydrogen (secondary N) is 1. The summed E-state index contributed by atoms with van der Waals surface area (Å²) >= 11 is 3.47. The molecule has 2 fully saturated rings. The Morgan fingerprint density at radius 1 is 1.38 bits per heavy atom. The fraction of sp³-hybridized carbons (Fsp3) is 0.667. The van der Waals surface area contributed by atoms with Gasteiger partial charge in [0.05, 0.1) is 6.10 Å². The van der Waals surface area contributed by atoms with Crippen LogP contribution in [0.25, 0.3) is 0 Å². The molecule has 3 heteroatoms. The summed E-state index contributed by atoms with van der Waals surface area (Å²) in [5.74, 6) is 0.836. The minimum Gasteiger partial charge on any atom is -0.387 e. The van der Waals surface area contributed by atoms with E-state index in [1.807, 2.05) is 24.3 Å². The third kappa shape index (κ3) is 2.69. The molecule has 0 heterocycles. The number of halogens is 1. The lowest BCUT2D eigenvalue weighted by molar-refractivity contribution is 0.0879. The van der Waals surface area contributed by atoms with Crippen LogP contribution in [0.4, 0.5) is 0 Å². The summed E-state index contributed by atoms with van der Waals surface area (Å²) in [6.07, 6.45) is 3.59. The van der Waals surface area contributed by atoms with E-state index in [-0.39, 0.29) is 0 Å². The van der Waals surface area contributed by atoms with Gasteiger partial charge in [0.2, 0.25) is 0 Å². The molecule has 0 radical (unpaired) electrons. The van der Waals surface area contributed by atoms with Gasteiger partial charge < -0.3 is 10.4 Å². The van der Waals surface area contributed by atoms with E-state index in [0.717, 1.165) is 16.0 Å². The maximum Gasteiger partial charge on any atom is 0.0914 e. The maximum absolute atomic E-state index is 10.4. The predicted octanol–water partition coefficient (Wildman–Crippen LogP) is 4.29. The first-order chi connectivity index (χ1) is 9.83. The predicted molar refractivity (Wildman–Crippen MR) is 90.1 cm³/mol. The first-order valence-corrected chi connectivity index (χ1v) is 8.79. The summed E-state index contributed by atoms with van der Waals surface area (Å²) in [6.45, 7) is 7.84. The Morgan fingerprint density at radius 2 is 2.14 bits per heavy atom. The Hall–Kier alpha value is -0.380. The summed E-state index contributed by atoms with van der Waals surface area (Å²) in [6, 6.07) is 8.46. The first kappa shape index (κ1) is 15.5. The van der Waals surface area contributed by atoms with Gasteiger partial charge in [-0.15, -0.1) is 0 Å². The highest BCUT2D eigenvalue weighted by molar-refractivity contribution is 9.10. The van der Waals surface area contributed by atoms with Crippen LogP contribution in [0.2, 0.25) is 0 Å². The van der Waals surface area contributed by atoms with E-state index in [2.05, 4.69) is 42.0 Å². The highest BCUT2D eigenvalue weighted by Gasteiger charge is 2.58. The quantitative estimate of drug-likeness (QED) is 0.847. The lowest BCUT2D eigenvalue weighted by atomic mass is 9.68. The van der Waals surface area contributed by atoms with E-state index in [1.165, 1.54) is 19.3 Å². The zero-order chi connectivity index (χ0) is 15.3. The number of aliphatic hydroxyl groups excluding tert-OH is 1. The Bertz CT molecular complexity index is 525. The van der Waals surface area contributed by atoms with E-state index in [9.17, 15) is 5.11 Å². The molecule has 2 saturated carbocycles. The molecule has 116 valence electrons. The molecule has 1 aromatic carbocycles. The summed E-state index contributed by atoms with van der Waals surface area (Å²) in [4.78, 5) is 0. The second-order valence-corrected chi connectivity index (χ2v) is 8.74. The topological polar surface area (TPSA) is 32.3 Å². The van der Waals surface area contributed by atoms with Gasteiger partial charge in [-0.1, -0.05) is 48.8 Å². The molecular weight excluding hydrogens is 326 g/mol. The van der Waals surface area contributed by atoms with E-state index < -0.39 is 6.10 Å². The van der Waals surface area contributed by atoms with Crippen LogP contribution in [0.5, 0.6) is 0 Å². The molecule has 4 atom stereocenters. The second kappa shape index (κ2) is 5.36. The lowest BCUT2D eigenvalue weighted by Crippen LogP contribution is -2.51. The van der Waals surface area contributed by atoms with Crippen molar-refractivity contribution in [3.05, 3.63) is 34.3 Å². The molecule has 21 heavy (non-hydrogen) atoms. The standard InChI is InChI=1S/C18H26BrNO/c1-17(2)13-7-8-18(3,10-13)16(17)20-11-15(21)12-5-4-6-14(19)9-12/h4-6,9,13,15-16,20-21H,7-8,10-11H2,1-3H3. The van der Waals surface area contributed by atoms with Crippen LogP contribution in [-0.2, 0) is 0 Å². The van der Waals surface area contributed by atoms with Gasteiger partial charge in [-0.2, -0.15) is 0 Å². The molecule has 0 aliphatic heterocycles. The van der Waals surface area contributed by atoms with Gasteiger partial charge in [0.25, 0.3) is 0 Å². The summed E-state index contributed by atoms with van der Waals surface area (Å²) < 4.78 is 1.02. The summed E-state index contributed by atoms with van der Waals surface area (Å²) in [7, 11) is 0.